The van der Waals surface area contributed by atoms with Crippen LogP contribution in [0.4, 0.5) is 0 Å². The van der Waals surface area contributed by atoms with Crippen LogP contribution < -0.4 is 0 Å². The van der Waals surface area contributed by atoms with Crippen molar-refractivity contribution in [3.8, 4) is 0 Å². The Hall–Kier alpha value is -0.300. The fourth-order valence-corrected chi connectivity index (χ4v) is 4.07. The van der Waals surface area contributed by atoms with Gasteiger partial charge in [-0.15, -0.1) is 0 Å². The minimum Gasteiger partial charge on any atom is -0.281 e. The molecule has 0 aliphatic heterocycles. The fourth-order valence-electron chi connectivity index (χ4n) is 1.93. The topological polar surface area (TPSA) is 4.93 Å². The van der Waals surface area contributed by atoms with Gasteiger partial charge in [-0.25, -0.2) is 0 Å². The van der Waals surface area contributed by atoms with Crippen molar-refractivity contribution in [1.29, 1.82) is 0 Å². The highest BCUT2D eigenvalue weighted by Gasteiger charge is 2.09. The van der Waals surface area contributed by atoms with E-state index in [-0.39, 0.29) is 0 Å². The quantitative estimate of drug-likeness (QED) is 0.470. The standard InChI is InChI=1S/C12H7I2N/c13-10-6-3-5-9-8-4-1-2-7-11(8)15(14)12(9)10/h1-7H. The summed E-state index contributed by atoms with van der Waals surface area (Å²) < 4.78 is 3.54. The second kappa shape index (κ2) is 3.62. The van der Waals surface area contributed by atoms with Crippen molar-refractivity contribution >= 4 is 67.3 Å². The number of benzene rings is 2. The SMILES string of the molecule is Ic1cccc2c3ccccc3n(I)c12. The average Bonchev–Trinajstić information content (AvgIpc) is 2.55. The average molecular weight is 419 g/mol. The minimum atomic E-state index is 1.29. The van der Waals surface area contributed by atoms with Crippen molar-refractivity contribution in [2.45, 2.75) is 0 Å². The zero-order valence-corrected chi connectivity index (χ0v) is 12.1. The first-order valence-electron chi connectivity index (χ1n) is 4.63. The third-order valence-corrected chi connectivity index (χ3v) is 4.46. The Balaban J connectivity index is 2.69. The van der Waals surface area contributed by atoms with Crippen LogP contribution in [0.1, 0.15) is 0 Å². The third-order valence-electron chi connectivity index (χ3n) is 2.59. The van der Waals surface area contributed by atoms with E-state index in [4.69, 9.17) is 0 Å². The smallest absolute Gasteiger partial charge is 0.0723 e. The van der Waals surface area contributed by atoms with E-state index in [1.54, 1.807) is 0 Å². The molecule has 0 radical (unpaired) electrons. The van der Waals surface area contributed by atoms with E-state index < -0.39 is 0 Å². The highest BCUT2D eigenvalue weighted by atomic mass is 127. The van der Waals surface area contributed by atoms with Gasteiger partial charge in [0.1, 0.15) is 0 Å². The summed E-state index contributed by atoms with van der Waals surface area (Å²) in [7, 11) is 0. The lowest BCUT2D eigenvalue weighted by atomic mass is 10.2. The Morgan fingerprint density at radius 2 is 1.60 bits per heavy atom. The van der Waals surface area contributed by atoms with Crippen LogP contribution in [0.2, 0.25) is 0 Å². The summed E-state index contributed by atoms with van der Waals surface area (Å²) in [5, 5.41) is 2.67. The lowest BCUT2D eigenvalue weighted by Crippen LogP contribution is -1.80. The number of hydrogen-bond acceptors (Lipinski definition) is 0. The molecular formula is C12H7I2N. The van der Waals surface area contributed by atoms with Gasteiger partial charge in [0.2, 0.25) is 0 Å². The van der Waals surface area contributed by atoms with E-state index >= 15 is 0 Å². The van der Waals surface area contributed by atoms with Crippen molar-refractivity contribution < 1.29 is 0 Å². The summed E-state index contributed by atoms with van der Waals surface area (Å²) in [6.07, 6.45) is 0. The van der Waals surface area contributed by atoms with Gasteiger partial charge in [-0.3, -0.25) is 2.78 Å². The molecule has 0 amide bonds. The predicted molar refractivity (Wildman–Crippen MR) is 81.6 cm³/mol. The molecule has 74 valence electrons. The Morgan fingerprint density at radius 3 is 2.47 bits per heavy atom. The molecule has 3 heteroatoms. The largest absolute Gasteiger partial charge is 0.281 e. The zero-order chi connectivity index (χ0) is 10.4. The Morgan fingerprint density at radius 1 is 0.867 bits per heavy atom. The van der Waals surface area contributed by atoms with Crippen molar-refractivity contribution in [3.63, 3.8) is 0 Å². The molecule has 1 aromatic heterocycles. The first-order valence-corrected chi connectivity index (χ1v) is 6.67. The molecule has 15 heavy (non-hydrogen) atoms. The van der Waals surface area contributed by atoms with Crippen LogP contribution in [-0.4, -0.2) is 2.78 Å². The van der Waals surface area contributed by atoms with Gasteiger partial charge in [-0.2, -0.15) is 0 Å². The van der Waals surface area contributed by atoms with Crippen LogP contribution in [0.15, 0.2) is 42.5 Å². The van der Waals surface area contributed by atoms with Crippen molar-refractivity contribution in [3.05, 3.63) is 46.0 Å². The van der Waals surface area contributed by atoms with Crippen LogP contribution in [0.3, 0.4) is 0 Å². The van der Waals surface area contributed by atoms with E-state index in [0.29, 0.717) is 0 Å². The van der Waals surface area contributed by atoms with Gasteiger partial charge in [0, 0.05) is 14.3 Å². The van der Waals surface area contributed by atoms with Crippen molar-refractivity contribution in [2.24, 2.45) is 0 Å². The Kier molecular flexibility index (Phi) is 2.39. The molecular weight excluding hydrogens is 412 g/mol. The summed E-state index contributed by atoms with van der Waals surface area (Å²) >= 11 is 4.76. The zero-order valence-electron chi connectivity index (χ0n) is 7.74. The van der Waals surface area contributed by atoms with Gasteiger partial charge >= 0.3 is 0 Å². The Labute approximate surface area is 115 Å². The second-order valence-electron chi connectivity index (χ2n) is 3.43. The monoisotopic (exact) mass is 419 g/mol. The molecule has 0 unspecified atom stereocenters. The summed E-state index contributed by atoms with van der Waals surface area (Å²) in [6.45, 7) is 0. The number of fused-ring (bicyclic) bond motifs is 3. The molecule has 2 aromatic carbocycles. The van der Waals surface area contributed by atoms with E-state index in [1.807, 2.05) is 0 Å². The molecule has 0 saturated carbocycles. The maximum atomic E-state index is 2.39. The number of hydrogen-bond donors (Lipinski definition) is 0. The highest BCUT2D eigenvalue weighted by Crippen LogP contribution is 2.33. The maximum absolute atomic E-state index is 2.39. The van der Waals surface area contributed by atoms with Gasteiger partial charge < -0.3 is 0 Å². The van der Waals surface area contributed by atoms with Crippen molar-refractivity contribution in [1.82, 2.24) is 2.78 Å². The normalized spacial score (nSPS) is 11.3. The lowest BCUT2D eigenvalue weighted by molar-refractivity contribution is 1.48. The van der Waals surface area contributed by atoms with Crippen LogP contribution >= 0.6 is 45.5 Å². The van der Waals surface area contributed by atoms with Crippen LogP contribution in [-0.2, 0) is 0 Å². The van der Waals surface area contributed by atoms with Gasteiger partial charge in [-0.1, -0.05) is 30.3 Å². The van der Waals surface area contributed by atoms with E-state index in [9.17, 15) is 0 Å². The Bertz CT molecular complexity index is 655. The molecule has 0 bridgehead atoms. The molecule has 0 fully saturated rings. The molecule has 0 saturated heterocycles. The van der Waals surface area contributed by atoms with Gasteiger partial charge in [-0.05, 0) is 34.7 Å². The summed E-state index contributed by atoms with van der Waals surface area (Å²) in [5.74, 6) is 0. The number of rotatable bonds is 0. The molecule has 3 rings (SSSR count). The second-order valence-corrected chi connectivity index (χ2v) is 5.56. The summed E-state index contributed by atoms with van der Waals surface area (Å²) in [5.41, 5.74) is 2.61. The number of nitrogens with zero attached hydrogens (tertiary/aromatic N) is 1. The van der Waals surface area contributed by atoms with Gasteiger partial charge in [0.05, 0.1) is 33.9 Å². The number of aromatic nitrogens is 1. The first kappa shape index (κ1) is 9.89. The van der Waals surface area contributed by atoms with Gasteiger partial charge in [0.25, 0.3) is 0 Å². The predicted octanol–water partition coefficient (Wildman–Crippen LogP) is 4.60. The molecule has 1 nitrogen and oxygen atoms in total. The molecule has 0 spiro atoms. The lowest BCUT2D eigenvalue weighted by Gasteiger charge is -1.96. The van der Waals surface area contributed by atoms with Crippen LogP contribution in [0.5, 0.6) is 0 Å². The number of para-hydroxylation sites is 2. The molecule has 0 N–H and O–H groups in total. The summed E-state index contributed by atoms with van der Waals surface area (Å²) in [6, 6.07) is 15.0. The van der Waals surface area contributed by atoms with Crippen molar-refractivity contribution in [2.75, 3.05) is 0 Å². The minimum absolute atomic E-state index is 1.29. The van der Waals surface area contributed by atoms with Crippen LogP contribution in [0, 0.1) is 3.57 Å². The fraction of sp³-hybridized carbons (Fsp3) is 0. The molecule has 3 aromatic rings. The first-order chi connectivity index (χ1) is 7.29. The molecule has 0 aliphatic rings. The van der Waals surface area contributed by atoms with E-state index in [2.05, 4.69) is 90.7 Å². The summed E-state index contributed by atoms with van der Waals surface area (Å²) in [4.78, 5) is 0. The maximum Gasteiger partial charge on any atom is 0.0723 e. The molecule has 0 atom stereocenters. The van der Waals surface area contributed by atoms with Gasteiger partial charge in [0.15, 0.2) is 0 Å². The number of halogens is 2. The van der Waals surface area contributed by atoms with E-state index in [1.165, 1.54) is 25.4 Å². The van der Waals surface area contributed by atoms with Crippen LogP contribution in [0.25, 0.3) is 21.8 Å². The third kappa shape index (κ3) is 1.39. The molecule has 0 aliphatic carbocycles. The highest BCUT2D eigenvalue weighted by molar-refractivity contribution is 14.1. The molecule has 1 heterocycles. The van der Waals surface area contributed by atoms with E-state index in [0.717, 1.165) is 0 Å².